The molecule has 3 N–H and O–H groups in total. The second-order valence-corrected chi connectivity index (χ2v) is 2.25. The van der Waals surface area contributed by atoms with Crippen molar-refractivity contribution in [1.82, 2.24) is 0 Å². The Morgan fingerprint density at radius 1 is 1.44 bits per heavy atom. The van der Waals surface area contributed by atoms with Crippen LogP contribution in [0.4, 0.5) is 4.79 Å². The number of primary amides is 1. The van der Waals surface area contributed by atoms with Gasteiger partial charge in [0.15, 0.2) is 0 Å². The van der Waals surface area contributed by atoms with E-state index in [2.05, 4.69) is 17.0 Å². The first-order valence-corrected chi connectivity index (χ1v) is 4.67. The number of hydrogen-bond acceptors (Lipinski definition) is 4. The minimum atomic E-state index is -0.981. The Balaban J connectivity index is -0.000000160. The number of ether oxygens (including phenoxy) is 1. The smallest absolute Gasteiger partial charge is 0.404 e. The number of amides is 1. The largest absolute Gasteiger partial charge is 0.478 e. The molecule has 6 heteroatoms. The molecule has 0 aliphatic carbocycles. The summed E-state index contributed by atoms with van der Waals surface area (Å²) in [7, 11) is 0. The van der Waals surface area contributed by atoms with Crippen LogP contribution in [0.15, 0.2) is 12.7 Å². The van der Waals surface area contributed by atoms with Crippen LogP contribution in [0.1, 0.15) is 26.7 Å². The van der Waals surface area contributed by atoms with Gasteiger partial charge in [0, 0.05) is 12.5 Å². The fourth-order valence-electron chi connectivity index (χ4n) is 0.260. The third kappa shape index (κ3) is 57.0. The minimum absolute atomic E-state index is 0.356. The standard InChI is InChI=1S/C4H8O.C3H7NO2.C3H4O2/c1-2-3-4-5;1-2-6-3(4)5;1-2-3(4)5/h4H,2-3H2,1H3;2H2,1H3,(H2,4,5);2H,1H2,(H,4,5). The molecule has 0 aromatic carbocycles. The van der Waals surface area contributed by atoms with Crippen LogP contribution in [-0.4, -0.2) is 30.1 Å². The summed E-state index contributed by atoms with van der Waals surface area (Å²) < 4.78 is 4.18. The van der Waals surface area contributed by atoms with Gasteiger partial charge in [0.1, 0.15) is 6.29 Å². The molecule has 0 bridgehead atoms. The number of aldehydes is 1. The van der Waals surface area contributed by atoms with Crippen molar-refractivity contribution in [2.45, 2.75) is 26.7 Å². The highest BCUT2D eigenvalue weighted by Crippen LogP contribution is 1.74. The quantitative estimate of drug-likeness (QED) is 0.563. The maximum atomic E-state index is 9.60. The van der Waals surface area contributed by atoms with E-state index in [0.717, 1.165) is 18.8 Å². The van der Waals surface area contributed by atoms with E-state index in [1.54, 1.807) is 6.92 Å². The average Bonchev–Trinajstić information content (AvgIpc) is 2.20. The number of carbonyl (C=O) groups is 3. The fraction of sp³-hybridized carbons (Fsp3) is 0.500. The summed E-state index contributed by atoms with van der Waals surface area (Å²) in [5.74, 6) is -0.981. The molecule has 16 heavy (non-hydrogen) atoms. The highest BCUT2D eigenvalue weighted by atomic mass is 16.5. The van der Waals surface area contributed by atoms with Gasteiger partial charge in [0.2, 0.25) is 0 Å². The zero-order valence-corrected chi connectivity index (χ0v) is 9.64. The molecule has 0 aromatic heterocycles. The van der Waals surface area contributed by atoms with Crippen molar-refractivity contribution in [2.75, 3.05) is 6.61 Å². The van der Waals surface area contributed by atoms with Crippen LogP contribution in [0, 0.1) is 0 Å². The van der Waals surface area contributed by atoms with Gasteiger partial charge in [0.25, 0.3) is 0 Å². The van der Waals surface area contributed by atoms with Crippen LogP contribution in [0.25, 0.3) is 0 Å². The zero-order chi connectivity index (χ0) is 13.4. The van der Waals surface area contributed by atoms with Crippen LogP contribution < -0.4 is 5.73 Å². The Kier molecular flexibility index (Phi) is 23.2. The lowest BCUT2D eigenvalue weighted by Crippen LogP contribution is -2.11. The summed E-state index contributed by atoms with van der Waals surface area (Å²) in [4.78, 5) is 28.3. The predicted octanol–water partition coefficient (Wildman–Crippen LogP) is 1.34. The molecular formula is C10H19NO5. The first-order valence-electron chi connectivity index (χ1n) is 4.67. The second-order valence-electron chi connectivity index (χ2n) is 2.25. The number of carboxylic acid groups (broad SMARTS) is 1. The van der Waals surface area contributed by atoms with Gasteiger partial charge in [-0.25, -0.2) is 9.59 Å². The van der Waals surface area contributed by atoms with Crippen LogP contribution in [0.5, 0.6) is 0 Å². The van der Waals surface area contributed by atoms with Crippen molar-refractivity contribution in [3.05, 3.63) is 12.7 Å². The molecule has 6 nitrogen and oxygen atoms in total. The summed E-state index contributed by atoms with van der Waals surface area (Å²) in [5.41, 5.74) is 4.54. The molecule has 0 atom stereocenters. The normalized spacial score (nSPS) is 7.12. The van der Waals surface area contributed by atoms with Crippen molar-refractivity contribution in [1.29, 1.82) is 0 Å². The number of hydrogen-bond donors (Lipinski definition) is 2. The van der Waals surface area contributed by atoms with Gasteiger partial charge < -0.3 is 20.4 Å². The molecule has 0 radical (unpaired) electrons. The third-order valence-electron chi connectivity index (χ3n) is 0.868. The van der Waals surface area contributed by atoms with Gasteiger partial charge in [-0.15, -0.1) is 0 Å². The lowest BCUT2D eigenvalue weighted by molar-refractivity contribution is -0.131. The van der Waals surface area contributed by atoms with E-state index < -0.39 is 12.1 Å². The van der Waals surface area contributed by atoms with Gasteiger partial charge in [-0.05, 0) is 13.3 Å². The van der Waals surface area contributed by atoms with Crippen molar-refractivity contribution in [3.63, 3.8) is 0 Å². The SMILES string of the molecule is C=CC(=O)O.CCCC=O.CCOC(N)=O. The highest BCUT2D eigenvalue weighted by Gasteiger charge is 1.82. The van der Waals surface area contributed by atoms with E-state index in [1.165, 1.54) is 0 Å². The van der Waals surface area contributed by atoms with E-state index >= 15 is 0 Å². The van der Waals surface area contributed by atoms with Gasteiger partial charge in [0.05, 0.1) is 6.61 Å². The molecule has 1 amide bonds. The van der Waals surface area contributed by atoms with E-state index in [1.807, 2.05) is 6.92 Å². The summed E-state index contributed by atoms with van der Waals surface area (Å²) in [6.45, 7) is 7.00. The van der Waals surface area contributed by atoms with Crippen molar-refractivity contribution >= 4 is 18.3 Å². The molecule has 0 aromatic rings. The molecule has 0 aliphatic rings. The van der Waals surface area contributed by atoms with E-state index in [4.69, 9.17) is 5.11 Å². The van der Waals surface area contributed by atoms with E-state index in [9.17, 15) is 14.4 Å². The molecule has 94 valence electrons. The molecular weight excluding hydrogens is 214 g/mol. The molecule has 0 saturated heterocycles. The van der Waals surface area contributed by atoms with Crippen LogP contribution in [-0.2, 0) is 14.3 Å². The van der Waals surface area contributed by atoms with E-state index in [-0.39, 0.29) is 0 Å². The van der Waals surface area contributed by atoms with Gasteiger partial charge in [-0.2, -0.15) is 0 Å². The molecule has 0 unspecified atom stereocenters. The van der Waals surface area contributed by atoms with E-state index in [0.29, 0.717) is 13.0 Å². The van der Waals surface area contributed by atoms with Crippen LogP contribution in [0.2, 0.25) is 0 Å². The van der Waals surface area contributed by atoms with Gasteiger partial charge in [-0.3, -0.25) is 0 Å². The topological polar surface area (TPSA) is 107 Å². The molecule has 0 spiro atoms. The highest BCUT2D eigenvalue weighted by molar-refractivity contribution is 5.78. The number of carbonyl (C=O) groups excluding carboxylic acids is 2. The molecule has 0 fully saturated rings. The maximum absolute atomic E-state index is 9.60. The Morgan fingerprint density at radius 2 is 1.88 bits per heavy atom. The molecule has 0 rings (SSSR count). The summed E-state index contributed by atoms with van der Waals surface area (Å²) >= 11 is 0. The number of rotatable bonds is 4. The fourth-order valence-corrected chi connectivity index (χ4v) is 0.260. The number of unbranched alkanes of at least 4 members (excludes halogenated alkanes) is 1. The maximum Gasteiger partial charge on any atom is 0.404 e. The first kappa shape index (κ1) is 19.7. The average molecular weight is 233 g/mol. The molecule has 0 heterocycles. The Hall–Kier alpha value is -1.85. The van der Waals surface area contributed by atoms with Crippen molar-refractivity contribution in [2.24, 2.45) is 5.73 Å². The first-order chi connectivity index (χ1) is 7.45. The summed E-state index contributed by atoms with van der Waals surface area (Å²) in [5, 5.41) is 7.60. The second kappa shape index (κ2) is 18.8. The summed E-state index contributed by atoms with van der Waals surface area (Å²) in [6, 6.07) is 0. The van der Waals surface area contributed by atoms with Gasteiger partial charge in [-0.1, -0.05) is 13.5 Å². The lowest BCUT2D eigenvalue weighted by atomic mass is 10.4. The Labute approximate surface area is 95.1 Å². The summed E-state index contributed by atoms with van der Waals surface area (Å²) in [6.07, 6.45) is 2.74. The van der Waals surface area contributed by atoms with Crippen molar-refractivity contribution < 1.29 is 24.2 Å². The van der Waals surface area contributed by atoms with Crippen molar-refractivity contribution in [3.8, 4) is 0 Å². The number of carboxylic acids is 1. The molecule has 0 saturated carbocycles. The number of aliphatic carboxylic acids is 1. The number of nitrogens with two attached hydrogens (primary N) is 1. The Morgan fingerprint density at radius 3 is 1.88 bits per heavy atom. The zero-order valence-electron chi connectivity index (χ0n) is 9.64. The predicted molar refractivity (Wildman–Crippen MR) is 60.0 cm³/mol. The van der Waals surface area contributed by atoms with Gasteiger partial charge >= 0.3 is 12.1 Å². The Bertz CT molecular complexity index is 203. The molecule has 0 aliphatic heterocycles. The van der Waals surface area contributed by atoms with Crippen LogP contribution in [0.3, 0.4) is 0 Å². The van der Waals surface area contributed by atoms with Crippen LogP contribution >= 0.6 is 0 Å². The lowest BCUT2D eigenvalue weighted by Gasteiger charge is -1.89. The minimum Gasteiger partial charge on any atom is -0.478 e. The monoisotopic (exact) mass is 233 g/mol. The third-order valence-corrected chi connectivity index (χ3v) is 0.868.